The number of hydrogen-bond donors (Lipinski definition) is 2. The molecule has 2 aromatic rings. The van der Waals surface area contributed by atoms with Crippen LogP contribution in [0.2, 0.25) is 0 Å². The summed E-state index contributed by atoms with van der Waals surface area (Å²) in [7, 11) is 0. The van der Waals surface area contributed by atoms with Gasteiger partial charge in [0.25, 0.3) is 0 Å². The Bertz CT molecular complexity index is 717. The molecule has 0 aliphatic heterocycles. The highest BCUT2D eigenvalue weighted by atomic mass is 35.5. The summed E-state index contributed by atoms with van der Waals surface area (Å²) in [6.07, 6.45) is 3.91. The van der Waals surface area contributed by atoms with E-state index in [9.17, 15) is 4.79 Å². The van der Waals surface area contributed by atoms with Gasteiger partial charge in [-0.05, 0) is 51.3 Å². The number of aromatic nitrogens is 2. The molecule has 3 rings (SSSR count). The predicted octanol–water partition coefficient (Wildman–Crippen LogP) is 3.49. The van der Waals surface area contributed by atoms with Crippen molar-refractivity contribution in [2.45, 2.75) is 45.6 Å². The Labute approximate surface area is 167 Å². The van der Waals surface area contributed by atoms with Gasteiger partial charge in [-0.15, -0.1) is 24.8 Å². The molecule has 1 aromatic heterocycles. The van der Waals surface area contributed by atoms with Crippen molar-refractivity contribution in [2.75, 3.05) is 13.1 Å². The summed E-state index contributed by atoms with van der Waals surface area (Å²) >= 11 is 0. The number of nitrogens with two attached hydrogens (primary N) is 1. The minimum atomic E-state index is 0. The number of halogens is 2. The van der Waals surface area contributed by atoms with Crippen molar-refractivity contribution in [3.63, 3.8) is 0 Å². The summed E-state index contributed by atoms with van der Waals surface area (Å²) in [4.78, 5) is 17.2. The molecule has 1 saturated carbocycles. The topological polar surface area (TPSA) is 72.9 Å². The molecule has 1 fully saturated rings. The zero-order valence-electron chi connectivity index (χ0n) is 15.5. The lowest BCUT2D eigenvalue weighted by Crippen LogP contribution is -2.36. The van der Waals surface area contributed by atoms with Gasteiger partial charge in [-0.3, -0.25) is 4.79 Å². The van der Waals surface area contributed by atoms with Gasteiger partial charge in [0.1, 0.15) is 5.82 Å². The number of carbonyl (C=O) groups excluding carboxylic acids is 1. The van der Waals surface area contributed by atoms with Crippen molar-refractivity contribution in [1.82, 2.24) is 14.9 Å². The lowest BCUT2D eigenvalue weighted by molar-refractivity contribution is -0.125. The van der Waals surface area contributed by atoms with E-state index in [1.165, 1.54) is 0 Å². The quantitative estimate of drug-likeness (QED) is 0.778. The van der Waals surface area contributed by atoms with Crippen LogP contribution in [0.4, 0.5) is 0 Å². The number of nitrogens with one attached hydrogen (secondary N) is 1. The third kappa shape index (κ3) is 4.70. The molecule has 0 unspecified atom stereocenters. The first kappa shape index (κ1) is 22.7. The van der Waals surface area contributed by atoms with Gasteiger partial charge in [0.05, 0.1) is 11.0 Å². The first-order chi connectivity index (χ1) is 11.6. The van der Waals surface area contributed by atoms with Crippen LogP contribution in [-0.2, 0) is 11.2 Å². The maximum atomic E-state index is 12.4. The fourth-order valence-corrected chi connectivity index (χ4v) is 3.94. The van der Waals surface area contributed by atoms with Crippen molar-refractivity contribution in [2.24, 2.45) is 17.6 Å². The van der Waals surface area contributed by atoms with E-state index in [1.807, 2.05) is 18.2 Å². The second-order valence-corrected chi connectivity index (χ2v) is 7.05. The van der Waals surface area contributed by atoms with Gasteiger partial charge in [-0.25, -0.2) is 4.98 Å². The number of para-hydroxylation sites is 2. The van der Waals surface area contributed by atoms with Crippen LogP contribution >= 0.6 is 24.8 Å². The summed E-state index contributed by atoms with van der Waals surface area (Å²) in [5.74, 6) is 1.65. The minimum Gasteiger partial charge on any atom is -0.355 e. The van der Waals surface area contributed by atoms with Crippen LogP contribution in [0, 0.1) is 11.8 Å². The lowest BCUT2D eigenvalue weighted by atomic mass is 9.95. The van der Waals surface area contributed by atoms with Gasteiger partial charge in [0.2, 0.25) is 5.91 Å². The zero-order chi connectivity index (χ0) is 17.1. The highest BCUT2D eigenvalue weighted by Gasteiger charge is 2.31. The van der Waals surface area contributed by atoms with E-state index in [0.29, 0.717) is 25.0 Å². The SMILES string of the molecule is CC(C)n1c(CCNC(=O)[C@@H]2CCC[C@@H]2CN)nc2ccccc21.Cl.Cl. The Morgan fingerprint density at radius 1 is 1.31 bits per heavy atom. The van der Waals surface area contributed by atoms with Crippen LogP contribution in [0.5, 0.6) is 0 Å². The van der Waals surface area contributed by atoms with Crippen molar-refractivity contribution >= 4 is 41.8 Å². The summed E-state index contributed by atoms with van der Waals surface area (Å²) in [5.41, 5.74) is 7.96. The van der Waals surface area contributed by atoms with E-state index in [-0.39, 0.29) is 36.6 Å². The number of hydrogen-bond acceptors (Lipinski definition) is 3. The maximum Gasteiger partial charge on any atom is 0.223 e. The van der Waals surface area contributed by atoms with E-state index < -0.39 is 0 Å². The van der Waals surface area contributed by atoms with E-state index >= 15 is 0 Å². The fourth-order valence-electron chi connectivity index (χ4n) is 3.94. The molecule has 2 atom stereocenters. The number of fused-ring (bicyclic) bond motifs is 1. The number of carbonyl (C=O) groups is 1. The number of benzene rings is 1. The second-order valence-electron chi connectivity index (χ2n) is 7.05. The molecule has 5 nitrogen and oxygen atoms in total. The number of rotatable bonds is 6. The smallest absolute Gasteiger partial charge is 0.223 e. The molecular formula is C19H30Cl2N4O. The minimum absolute atomic E-state index is 0. The number of imidazole rings is 1. The van der Waals surface area contributed by atoms with Crippen molar-refractivity contribution in [3.05, 3.63) is 30.1 Å². The molecular weight excluding hydrogens is 371 g/mol. The Morgan fingerprint density at radius 3 is 2.73 bits per heavy atom. The van der Waals surface area contributed by atoms with Crippen LogP contribution in [-0.4, -0.2) is 28.5 Å². The Morgan fingerprint density at radius 2 is 2.04 bits per heavy atom. The van der Waals surface area contributed by atoms with Crippen LogP contribution in [0.25, 0.3) is 11.0 Å². The Balaban J connectivity index is 0.00000169. The molecule has 1 aliphatic rings. The van der Waals surface area contributed by atoms with Crippen LogP contribution in [0.3, 0.4) is 0 Å². The average Bonchev–Trinajstić information content (AvgIpc) is 3.18. The Hall–Kier alpha value is -1.30. The van der Waals surface area contributed by atoms with Gasteiger partial charge in [-0.2, -0.15) is 0 Å². The molecule has 7 heteroatoms. The lowest BCUT2D eigenvalue weighted by Gasteiger charge is -2.18. The predicted molar refractivity (Wildman–Crippen MR) is 111 cm³/mol. The molecule has 3 N–H and O–H groups in total. The molecule has 0 spiro atoms. The number of amides is 1. The summed E-state index contributed by atoms with van der Waals surface area (Å²) in [6, 6.07) is 8.55. The van der Waals surface area contributed by atoms with E-state index in [0.717, 1.165) is 42.5 Å². The molecule has 0 saturated heterocycles. The molecule has 0 radical (unpaired) electrons. The van der Waals surface area contributed by atoms with Gasteiger partial charge in [-0.1, -0.05) is 18.6 Å². The summed E-state index contributed by atoms with van der Waals surface area (Å²) in [6.45, 7) is 5.57. The first-order valence-corrected chi connectivity index (χ1v) is 9.05. The van der Waals surface area contributed by atoms with Gasteiger partial charge in [0.15, 0.2) is 0 Å². The first-order valence-electron chi connectivity index (χ1n) is 9.05. The van der Waals surface area contributed by atoms with Gasteiger partial charge >= 0.3 is 0 Å². The molecule has 1 aliphatic carbocycles. The third-order valence-electron chi connectivity index (χ3n) is 5.13. The molecule has 26 heavy (non-hydrogen) atoms. The summed E-state index contributed by atoms with van der Waals surface area (Å²) < 4.78 is 2.26. The Kier molecular flexibility index (Phi) is 8.87. The van der Waals surface area contributed by atoms with Gasteiger partial charge in [0, 0.05) is 24.9 Å². The van der Waals surface area contributed by atoms with E-state index in [4.69, 9.17) is 10.7 Å². The third-order valence-corrected chi connectivity index (χ3v) is 5.13. The van der Waals surface area contributed by atoms with Gasteiger partial charge < -0.3 is 15.6 Å². The summed E-state index contributed by atoms with van der Waals surface area (Å²) in [5, 5.41) is 3.10. The maximum absolute atomic E-state index is 12.4. The molecule has 1 aromatic carbocycles. The molecule has 0 bridgehead atoms. The zero-order valence-corrected chi connectivity index (χ0v) is 17.1. The largest absolute Gasteiger partial charge is 0.355 e. The molecule has 1 amide bonds. The second kappa shape index (κ2) is 10.1. The fraction of sp³-hybridized carbons (Fsp3) is 0.579. The van der Waals surface area contributed by atoms with Crippen LogP contribution in [0.15, 0.2) is 24.3 Å². The molecule has 146 valence electrons. The van der Waals surface area contributed by atoms with E-state index in [2.05, 4.69) is 29.8 Å². The van der Waals surface area contributed by atoms with Crippen molar-refractivity contribution in [3.8, 4) is 0 Å². The van der Waals surface area contributed by atoms with Crippen LogP contribution in [0.1, 0.15) is 45.0 Å². The van der Waals surface area contributed by atoms with Crippen molar-refractivity contribution < 1.29 is 4.79 Å². The molecule has 1 heterocycles. The standard InChI is InChI=1S/C19H28N4O.2ClH/c1-13(2)23-17-9-4-3-8-16(17)22-18(23)10-11-21-19(24)15-7-5-6-14(15)12-20;;/h3-4,8-9,13-15H,5-7,10-12,20H2,1-2H3,(H,21,24);2*1H/t14-,15-;;/m1../s1. The highest BCUT2D eigenvalue weighted by molar-refractivity contribution is 5.85. The van der Waals surface area contributed by atoms with Crippen molar-refractivity contribution in [1.29, 1.82) is 0 Å². The number of nitrogens with zero attached hydrogens (tertiary/aromatic N) is 2. The van der Waals surface area contributed by atoms with Crippen LogP contribution < -0.4 is 11.1 Å². The normalized spacial score (nSPS) is 19.2. The average molecular weight is 401 g/mol. The highest BCUT2D eigenvalue weighted by Crippen LogP contribution is 2.31. The monoisotopic (exact) mass is 400 g/mol. The van der Waals surface area contributed by atoms with E-state index in [1.54, 1.807) is 0 Å².